The molecule has 166 valence electrons. The Labute approximate surface area is 195 Å². The van der Waals surface area contributed by atoms with Crippen molar-refractivity contribution in [2.24, 2.45) is 0 Å². The fraction of sp³-hybridized carbons (Fsp3) is 0.250. The first-order valence-electron chi connectivity index (χ1n) is 11.6. The van der Waals surface area contributed by atoms with Crippen LogP contribution in [-0.2, 0) is 12.8 Å². The molecule has 1 aliphatic heterocycles. The average molecular weight is 436 g/mol. The van der Waals surface area contributed by atoms with Gasteiger partial charge in [0.15, 0.2) is 0 Å². The van der Waals surface area contributed by atoms with Crippen LogP contribution in [0.3, 0.4) is 0 Å². The van der Waals surface area contributed by atoms with Crippen molar-refractivity contribution in [3.05, 3.63) is 95.6 Å². The van der Waals surface area contributed by atoms with E-state index in [0.717, 1.165) is 48.3 Å². The van der Waals surface area contributed by atoms with Crippen LogP contribution in [0.25, 0.3) is 16.3 Å². The largest absolute Gasteiger partial charge is 0.383 e. The van der Waals surface area contributed by atoms with Crippen LogP contribution in [0.5, 0.6) is 0 Å². The lowest BCUT2D eigenvalue weighted by molar-refractivity contribution is 0.676. The number of hydrogen-bond acceptors (Lipinski definition) is 5. The molecule has 33 heavy (non-hydrogen) atoms. The van der Waals surface area contributed by atoms with Crippen LogP contribution in [0, 0.1) is 0 Å². The van der Waals surface area contributed by atoms with E-state index in [9.17, 15) is 0 Å². The summed E-state index contributed by atoms with van der Waals surface area (Å²) in [5.74, 6) is 1.46. The van der Waals surface area contributed by atoms with E-state index in [1.165, 1.54) is 21.9 Å². The Morgan fingerprint density at radius 1 is 0.909 bits per heavy atom. The molecule has 2 N–H and O–H groups in total. The first-order valence-corrected chi connectivity index (χ1v) is 11.6. The highest BCUT2D eigenvalue weighted by atomic mass is 15.2. The fourth-order valence-electron chi connectivity index (χ4n) is 4.64. The molecule has 0 atom stereocenters. The number of rotatable bonds is 5. The van der Waals surface area contributed by atoms with Crippen molar-refractivity contribution in [2.75, 3.05) is 17.2 Å². The number of hydrogen-bond donors (Lipinski definition) is 1. The van der Waals surface area contributed by atoms with Crippen LogP contribution in [0.4, 0.5) is 11.6 Å². The second kappa shape index (κ2) is 9.02. The molecule has 1 aliphatic rings. The quantitative estimate of drug-likeness (QED) is 0.452. The number of nitrogens with zero attached hydrogens (tertiary/aromatic N) is 4. The molecule has 5 nitrogen and oxygen atoms in total. The zero-order chi connectivity index (χ0) is 22.8. The van der Waals surface area contributed by atoms with Gasteiger partial charge in [0.25, 0.3) is 0 Å². The molecule has 0 bridgehead atoms. The molecular weight excluding hydrogens is 406 g/mol. The summed E-state index contributed by atoms with van der Waals surface area (Å²) in [6.07, 6.45) is 10.5. The monoisotopic (exact) mass is 435 g/mol. The number of pyridine rings is 1. The van der Waals surface area contributed by atoms with E-state index >= 15 is 0 Å². The maximum atomic E-state index is 6.39. The molecule has 5 rings (SSSR count). The number of anilines is 2. The topological polar surface area (TPSA) is 67.9 Å². The van der Waals surface area contributed by atoms with Gasteiger partial charge in [-0.25, -0.2) is 9.97 Å². The van der Waals surface area contributed by atoms with E-state index in [-0.39, 0.29) is 0 Å². The molecule has 0 saturated heterocycles. The van der Waals surface area contributed by atoms with E-state index in [2.05, 4.69) is 88.3 Å². The van der Waals surface area contributed by atoms with Crippen molar-refractivity contribution in [3.63, 3.8) is 0 Å². The molecule has 2 aromatic heterocycles. The second-order valence-electron chi connectivity index (χ2n) is 8.90. The van der Waals surface area contributed by atoms with Gasteiger partial charge in [-0.3, -0.25) is 4.98 Å². The van der Waals surface area contributed by atoms with Crippen molar-refractivity contribution >= 4 is 28.0 Å². The van der Waals surface area contributed by atoms with Gasteiger partial charge in [-0.15, -0.1) is 0 Å². The maximum absolute atomic E-state index is 6.39. The highest BCUT2D eigenvalue weighted by Crippen LogP contribution is 2.37. The Balaban J connectivity index is 1.47. The minimum absolute atomic E-state index is 0.341. The van der Waals surface area contributed by atoms with Gasteiger partial charge in [-0.05, 0) is 84.3 Å². The minimum Gasteiger partial charge on any atom is -0.383 e. The molecule has 0 radical (unpaired) electrons. The Hall–Kier alpha value is -3.73. The van der Waals surface area contributed by atoms with E-state index in [0.29, 0.717) is 11.9 Å². The van der Waals surface area contributed by atoms with Crippen LogP contribution in [-0.4, -0.2) is 27.5 Å². The van der Waals surface area contributed by atoms with Gasteiger partial charge < -0.3 is 10.6 Å². The highest BCUT2D eigenvalue weighted by Gasteiger charge is 2.24. The van der Waals surface area contributed by atoms with Crippen LogP contribution in [0.15, 0.2) is 73.3 Å². The summed E-state index contributed by atoms with van der Waals surface area (Å²) in [4.78, 5) is 15.4. The minimum atomic E-state index is 0.341. The molecule has 0 amide bonds. The Kier molecular flexibility index (Phi) is 5.78. The van der Waals surface area contributed by atoms with Gasteiger partial charge in [0.05, 0.1) is 5.56 Å². The molecule has 0 fully saturated rings. The number of nitrogens with two attached hydrogens (primary N) is 1. The lowest BCUT2D eigenvalue weighted by atomic mass is 9.94. The summed E-state index contributed by atoms with van der Waals surface area (Å²) >= 11 is 0. The van der Waals surface area contributed by atoms with Gasteiger partial charge in [-0.1, -0.05) is 36.4 Å². The van der Waals surface area contributed by atoms with E-state index < -0.39 is 0 Å². The van der Waals surface area contributed by atoms with Crippen LogP contribution < -0.4 is 10.6 Å². The second-order valence-corrected chi connectivity index (χ2v) is 8.90. The average Bonchev–Trinajstić information content (AvgIpc) is 3.04. The molecule has 0 spiro atoms. The summed E-state index contributed by atoms with van der Waals surface area (Å²) in [6, 6.07) is 17.9. The number of aryl methyl sites for hydroxylation is 2. The zero-order valence-electron chi connectivity index (χ0n) is 19.2. The van der Waals surface area contributed by atoms with E-state index in [1.807, 2.05) is 12.4 Å². The van der Waals surface area contributed by atoms with E-state index in [4.69, 9.17) is 5.73 Å². The molecule has 3 heterocycles. The number of fused-ring (bicyclic) bond motifs is 2. The third-order valence-corrected chi connectivity index (χ3v) is 6.41. The van der Waals surface area contributed by atoms with Gasteiger partial charge in [0.2, 0.25) is 0 Å². The van der Waals surface area contributed by atoms with Gasteiger partial charge in [0.1, 0.15) is 18.0 Å². The van der Waals surface area contributed by atoms with Crippen molar-refractivity contribution in [1.82, 2.24) is 15.0 Å². The first-order chi connectivity index (χ1) is 16.1. The summed E-state index contributed by atoms with van der Waals surface area (Å²) in [5.41, 5.74) is 12.3. The van der Waals surface area contributed by atoms with Crippen molar-refractivity contribution in [3.8, 4) is 0 Å². The third-order valence-electron chi connectivity index (χ3n) is 6.41. The van der Waals surface area contributed by atoms with Crippen LogP contribution >= 0.6 is 0 Å². The summed E-state index contributed by atoms with van der Waals surface area (Å²) in [7, 11) is 0. The summed E-state index contributed by atoms with van der Waals surface area (Å²) < 4.78 is 0. The maximum Gasteiger partial charge on any atom is 0.142 e. The standard InChI is InChI=1S/C28H29N5/c1-19(2)33-15-3-4-25(26-27(29)31-18-32-28(26)33)24-10-9-22-16-21(7-8-23(22)17-24)6-5-20-11-13-30-14-12-20/h4,7-14,16-19H,3,5-6,15H2,1-2H3,(H2,29,31,32). The fourth-order valence-corrected chi connectivity index (χ4v) is 4.64. The zero-order valence-corrected chi connectivity index (χ0v) is 19.2. The molecule has 2 aromatic carbocycles. The lowest BCUT2D eigenvalue weighted by Crippen LogP contribution is -2.32. The first kappa shape index (κ1) is 21.1. The molecule has 4 aromatic rings. The van der Waals surface area contributed by atoms with Gasteiger partial charge >= 0.3 is 0 Å². The van der Waals surface area contributed by atoms with Gasteiger partial charge in [-0.2, -0.15) is 0 Å². The summed E-state index contributed by atoms with van der Waals surface area (Å²) in [5, 5.41) is 2.48. The molecular formula is C28H29N5. The Morgan fingerprint density at radius 3 is 2.48 bits per heavy atom. The van der Waals surface area contributed by atoms with E-state index in [1.54, 1.807) is 6.33 Å². The predicted octanol–water partition coefficient (Wildman–Crippen LogP) is 5.44. The number of aromatic nitrogens is 3. The van der Waals surface area contributed by atoms with Crippen LogP contribution in [0.2, 0.25) is 0 Å². The third kappa shape index (κ3) is 4.31. The number of nitrogen functional groups attached to an aromatic ring is 1. The van der Waals surface area contributed by atoms with Gasteiger partial charge in [0, 0.05) is 25.0 Å². The summed E-state index contributed by atoms with van der Waals surface area (Å²) in [6.45, 7) is 5.30. The van der Waals surface area contributed by atoms with Crippen molar-refractivity contribution < 1.29 is 0 Å². The molecule has 5 heteroatoms. The smallest absolute Gasteiger partial charge is 0.142 e. The number of benzene rings is 2. The highest BCUT2D eigenvalue weighted by molar-refractivity contribution is 5.94. The normalized spacial score (nSPS) is 13.7. The Bertz CT molecular complexity index is 1310. The molecule has 0 aliphatic carbocycles. The Morgan fingerprint density at radius 2 is 1.67 bits per heavy atom. The lowest BCUT2D eigenvalue weighted by Gasteiger charge is -2.28. The molecule has 0 saturated carbocycles. The van der Waals surface area contributed by atoms with Crippen molar-refractivity contribution in [2.45, 2.75) is 39.2 Å². The predicted molar refractivity (Wildman–Crippen MR) is 136 cm³/mol. The molecule has 0 unspecified atom stereocenters. The SMILES string of the molecule is CC(C)N1CCC=C(c2ccc3cc(CCc4ccncc4)ccc3c2)c2c(N)ncnc21. The van der Waals surface area contributed by atoms with Crippen molar-refractivity contribution in [1.29, 1.82) is 0 Å². The van der Waals surface area contributed by atoms with Crippen LogP contribution in [0.1, 0.15) is 42.5 Å².